The summed E-state index contributed by atoms with van der Waals surface area (Å²) in [4.78, 5) is 11.9. The highest BCUT2D eigenvalue weighted by Crippen LogP contribution is 2.08. The Labute approximate surface area is 122 Å². The van der Waals surface area contributed by atoms with Crippen molar-refractivity contribution in [2.75, 3.05) is 5.32 Å². The van der Waals surface area contributed by atoms with Gasteiger partial charge in [0.1, 0.15) is 0 Å². The minimum Gasteiger partial charge on any atom is -0.332 e. The molecule has 0 radical (unpaired) electrons. The number of thiocarbonyl (C=S) groups is 1. The summed E-state index contributed by atoms with van der Waals surface area (Å²) >= 11 is 5.07. The van der Waals surface area contributed by atoms with Crippen LogP contribution in [0.3, 0.4) is 0 Å². The average Bonchev–Trinajstić information content (AvgIpc) is 2.49. The number of carbonyl (C=O) groups excluding carboxylic acids is 1. The number of amides is 1. The van der Waals surface area contributed by atoms with Gasteiger partial charge in [-0.05, 0) is 48.6 Å². The second-order valence-corrected chi connectivity index (χ2v) is 4.37. The molecular weight excluding hydrogens is 270 g/mol. The van der Waals surface area contributed by atoms with Gasteiger partial charge in [0.2, 0.25) is 0 Å². The Morgan fingerprint density at radius 1 is 1.05 bits per heavy atom. The maximum Gasteiger partial charge on any atom is 0.257 e. The zero-order chi connectivity index (χ0) is 14.4. The Morgan fingerprint density at radius 2 is 1.70 bits per heavy atom. The van der Waals surface area contributed by atoms with Crippen LogP contribution < -0.4 is 10.6 Å². The summed E-state index contributed by atoms with van der Waals surface area (Å²) < 4.78 is 0. The number of hydrogen-bond donors (Lipinski definition) is 2. The van der Waals surface area contributed by atoms with Crippen LogP contribution in [0.2, 0.25) is 0 Å². The predicted molar refractivity (Wildman–Crippen MR) is 81.3 cm³/mol. The molecule has 0 saturated carbocycles. The fourth-order valence-electron chi connectivity index (χ4n) is 1.56. The van der Waals surface area contributed by atoms with E-state index in [9.17, 15) is 4.79 Å². The van der Waals surface area contributed by atoms with Gasteiger partial charge >= 0.3 is 0 Å². The summed E-state index contributed by atoms with van der Waals surface area (Å²) in [5.41, 5.74) is 1.81. The molecule has 0 bridgehead atoms. The molecule has 5 heteroatoms. The molecule has 2 rings (SSSR count). The van der Waals surface area contributed by atoms with Gasteiger partial charge in [0.15, 0.2) is 5.11 Å². The lowest BCUT2D eigenvalue weighted by Gasteiger charge is -2.09. The van der Waals surface area contributed by atoms with Crippen LogP contribution in [0.15, 0.2) is 54.6 Å². The molecule has 0 atom stereocenters. The number of carbonyl (C=O) groups is 1. The highest BCUT2D eigenvalue weighted by atomic mass is 32.1. The van der Waals surface area contributed by atoms with Gasteiger partial charge in [0, 0.05) is 11.3 Å². The lowest BCUT2D eigenvalue weighted by atomic mass is 10.2. The number of anilines is 1. The fourth-order valence-corrected chi connectivity index (χ4v) is 1.77. The monoisotopic (exact) mass is 281 g/mol. The molecule has 98 valence electrons. The third kappa shape index (κ3) is 3.64. The summed E-state index contributed by atoms with van der Waals surface area (Å²) in [6.45, 7) is 0. The Bertz CT molecular complexity index is 660. The van der Waals surface area contributed by atoms with Crippen LogP contribution in [0.5, 0.6) is 0 Å². The standard InChI is InChI=1S/C15H11N3OS/c16-10-11-6-8-13(9-7-11)17-15(20)18-14(19)12-4-2-1-3-5-12/h1-9H,(H2,17,18,19,20). The van der Waals surface area contributed by atoms with E-state index in [0.717, 1.165) is 0 Å². The quantitative estimate of drug-likeness (QED) is 0.831. The Morgan fingerprint density at radius 3 is 2.30 bits per heavy atom. The van der Waals surface area contributed by atoms with Crippen LogP contribution in [0.25, 0.3) is 0 Å². The minimum atomic E-state index is -0.267. The molecular formula is C15H11N3OS. The number of nitrogens with zero attached hydrogens (tertiary/aromatic N) is 1. The van der Waals surface area contributed by atoms with E-state index in [-0.39, 0.29) is 11.0 Å². The molecule has 4 nitrogen and oxygen atoms in total. The second-order valence-electron chi connectivity index (χ2n) is 3.96. The first kappa shape index (κ1) is 13.7. The van der Waals surface area contributed by atoms with Crippen LogP contribution in [0.1, 0.15) is 15.9 Å². The SMILES string of the molecule is N#Cc1ccc(NC(=S)NC(=O)c2ccccc2)cc1. The van der Waals surface area contributed by atoms with Gasteiger partial charge in [-0.3, -0.25) is 10.1 Å². The molecule has 2 N–H and O–H groups in total. The van der Waals surface area contributed by atoms with Gasteiger partial charge in [-0.1, -0.05) is 18.2 Å². The first-order valence-electron chi connectivity index (χ1n) is 5.86. The lowest BCUT2D eigenvalue weighted by molar-refractivity contribution is 0.0978. The van der Waals surface area contributed by atoms with Crippen LogP contribution in [-0.2, 0) is 0 Å². The molecule has 0 aliphatic carbocycles. The fraction of sp³-hybridized carbons (Fsp3) is 0. The van der Waals surface area contributed by atoms with Crippen molar-refractivity contribution in [3.8, 4) is 6.07 Å². The Balaban J connectivity index is 1.95. The summed E-state index contributed by atoms with van der Waals surface area (Å²) in [7, 11) is 0. The number of rotatable bonds is 2. The smallest absolute Gasteiger partial charge is 0.257 e. The third-order valence-corrected chi connectivity index (χ3v) is 2.74. The maximum absolute atomic E-state index is 11.9. The number of hydrogen-bond acceptors (Lipinski definition) is 3. The summed E-state index contributed by atoms with van der Waals surface area (Å²) in [5, 5.41) is 14.4. The first-order chi connectivity index (χ1) is 9.69. The van der Waals surface area contributed by atoms with Crippen LogP contribution >= 0.6 is 12.2 Å². The summed E-state index contributed by atoms with van der Waals surface area (Å²) in [6.07, 6.45) is 0. The van der Waals surface area contributed by atoms with Crippen LogP contribution in [-0.4, -0.2) is 11.0 Å². The van der Waals surface area contributed by atoms with E-state index in [2.05, 4.69) is 10.6 Å². The normalized spacial score (nSPS) is 9.35. The molecule has 0 aliphatic rings. The van der Waals surface area contributed by atoms with Crippen molar-refractivity contribution in [1.29, 1.82) is 5.26 Å². The molecule has 0 heterocycles. The van der Waals surface area contributed by atoms with E-state index in [1.54, 1.807) is 48.5 Å². The van der Waals surface area contributed by atoms with E-state index >= 15 is 0 Å². The molecule has 2 aromatic rings. The van der Waals surface area contributed by atoms with Gasteiger partial charge in [-0.25, -0.2) is 0 Å². The molecule has 2 aromatic carbocycles. The van der Waals surface area contributed by atoms with Crippen molar-refractivity contribution in [3.63, 3.8) is 0 Å². The number of nitriles is 1. The van der Waals surface area contributed by atoms with E-state index < -0.39 is 0 Å². The van der Waals surface area contributed by atoms with Crippen molar-refractivity contribution in [2.24, 2.45) is 0 Å². The molecule has 0 fully saturated rings. The zero-order valence-corrected chi connectivity index (χ0v) is 11.3. The topological polar surface area (TPSA) is 64.9 Å². The lowest BCUT2D eigenvalue weighted by Crippen LogP contribution is -2.34. The van der Waals surface area contributed by atoms with Crippen molar-refractivity contribution >= 4 is 28.9 Å². The first-order valence-corrected chi connectivity index (χ1v) is 6.27. The third-order valence-electron chi connectivity index (χ3n) is 2.53. The maximum atomic E-state index is 11.9. The molecule has 0 aromatic heterocycles. The molecule has 0 aliphatic heterocycles. The zero-order valence-electron chi connectivity index (χ0n) is 10.5. The largest absolute Gasteiger partial charge is 0.332 e. The summed E-state index contributed by atoms with van der Waals surface area (Å²) in [5.74, 6) is -0.267. The number of benzene rings is 2. The molecule has 0 unspecified atom stereocenters. The van der Waals surface area contributed by atoms with Gasteiger partial charge in [0.25, 0.3) is 5.91 Å². The van der Waals surface area contributed by atoms with Gasteiger partial charge < -0.3 is 5.32 Å². The molecule has 0 saturated heterocycles. The second kappa shape index (κ2) is 6.45. The van der Waals surface area contributed by atoms with Crippen molar-refractivity contribution in [1.82, 2.24) is 5.32 Å². The van der Waals surface area contributed by atoms with Crippen molar-refractivity contribution in [2.45, 2.75) is 0 Å². The van der Waals surface area contributed by atoms with E-state index in [1.165, 1.54) is 0 Å². The van der Waals surface area contributed by atoms with Gasteiger partial charge in [0.05, 0.1) is 11.6 Å². The Kier molecular flexibility index (Phi) is 4.43. The summed E-state index contributed by atoms with van der Waals surface area (Å²) in [6, 6.07) is 17.6. The molecule has 1 amide bonds. The van der Waals surface area contributed by atoms with Crippen LogP contribution in [0.4, 0.5) is 5.69 Å². The van der Waals surface area contributed by atoms with Crippen LogP contribution in [0, 0.1) is 11.3 Å². The van der Waals surface area contributed by atoms with Gasteiger partial charge in [-0.2, -0.15) is 5.26 Å². The predicted octanol–water partition coefficient (Wildman–Crippen LogP) is 2.69. The van der Waals surface area contributed by atoms with E-state index in [4.69, 9.17) is 17.5 Å². The number of nitrogens with one attached hydrogen (secondary N) is 2. The average molecular weight is 281 g/mol. The van der Waals surface area contributed by atoms with Gasteiger partial charge in [-0.15, -0.1) is 0 Å². The minimum absolute atomic E-state index is 0.212. The van der Waals surface area contributed by atoms with E-state index in [1.807, 2.05) is 12.1 Å². The highest BCUT2D eigenvalue weighted by Gasteiger charge is 2.06. The Hall–Kier alpha value is -2.71. The highest BCUT2D eigenvalue weighted by molar-refractivity contribution is 7.80. The molecule has 20 heavy (non-hydrogen) atoms. The van der Waals surface area contributed by atoms with Crippen molar-refractivity contribution in [3.05, 3.63) is 65.7 Å². The molecule has 0 spiro atoms. The van der Waals surface area contributed by atoms with E-state index in [0.29, 0.717) is 16.8 Å². The van der Waals surface area contributed by atoms with Crippen molar-refractivity contribution < 1.29 is 4.79 Å².